The Hall–Kier alpha value is -0.940. The molecule has 0 radical (unpaired) electrons. The Labute approximate surface area is 118 Å². The minimum atomic E-state index is 0.0470. The Morgan fingerprint density at radius 3 is 3.16 bits per heavy atom. The number of rotatable bonds is 3. The Balaban J connectivity index is 1.65. The van der Waals surface area contributed by atoms with Gasteiger partial charge < -0.3 is 10.2 Å². The molecular weight excluding hydrogens is 258 g/mol. The minimum absolute atomic E-state index is 0.0470. The number of carbonyl (C=O) groups is 1. The maximum absolute atomic E-state index is 12.6. The van der Waals surface area contributed by atoms with Gasteiger partial charge in [-0.3, -0.25) is 4.79 Å². The average molecular weight is 279 g/mol. The molecule has 1 N–H and O–H groups in total. The third kappa shape index (κ3) is 2.41. The lowest BCUT2D eigenvalue weighted by Crippen LogP contribution is -2.44. The third-order valence-electron chi connectivity index (χ3n) is 4.61. The zero-order chi connectivity index (χ0) is 13.4. The molecule has 1 aromatic rings. The molecule has 1 aliphatic heterocycles. The number of fused-ring (bicyclic) bond motifs is 1. The van der Waals surface area contributed by atoms with Crippen LogP contribution in [0, 0.1) is 18.8 Å². The van der Waals surface area contributed by atoms with Gasteiger partial charge in [-0.25, -0.2) is 4.98 Å². The molecule has 0 spiro atoms. The van der Waals surface area contributed by atoms with E-state index in [9.17, 15) is 4.79 Å². The number of hydrogen-bond acceptors (Lipinski definition) is 4. The maximum atomic E-state index is 12.6. The van der Waals surface area contributed by atoms with E-state index in [2.05, 4.69) is 10.3 Å². The first kappa shape index (κ1) is 13.1. The van der Waals surface area contributed by atoms with E-state index in [0.29, 0.717) is 12.5 Å². The van der Waals surface area contributed by atoms with Gasteiger partial charge in [0.15, 0.2) is 0 Å². The van der Waals surface area contributed by atoms with Gasteiger partial charge in [-0.15, -0.1) is 11.3 Å². The highest BCUT2D eigenvalue weighted by molar-refractivity contribution is 7.09. The number of thiazole rings is 1. The standard InChI is InChI=1S/C14H21N3OS/c1-9-12(19-8-16-9)7-17(2)14(18)13-11-5-3-4-10(11)6-15-13/h8,10-11,13,15H,3-7H2,1-2H3. The van der Waals surface area contributed by atoms with Crippen LogP contribution in [0.2, 0.25) is 0 Å². The van der Waals surface area contributed by atoms with E-state index in [0.717, 1.165) is 18.2 Å². The first-order chi connectivity index (χ1) is 9.16. The fraction of sp³-hybridized carbons (Fsp3) is 0.714. The summed E-state index contributed by atoms with van der Waals surface area (Å²) < 4.78 is 0. The normalized spacial score (nSPS) is 29.5. The van der Waals surface area contributed by atoms with Gasteiger partial charge in [0.2, 0.25) is 5.91 Å². The lowest BCUT2D eigenvalue weighted by atomic mass is 9.93. The number of hydrogen-bond donors (Lipinski definition) is 1. The first-order valence-electron chi connectivity index (χ1n) is 7.04. The fourth-order valence-corrected chi connectivity index (χ4v) is 4.30. The van der Waals surface area contributed by atoms with Crippen LogP contribution in [0.3, 0.4) is 0 Å². The van der Waals surface area contributed by atoms with Crippen molar-refractivity contribution in [2.45, 2.75) is 38.8 Å². The highest BCUT2D eigenvalue weighted by Gasteiger charge is 2.43. The number of nitrogens with one attached hydrogen (secondary N) is 1. The van der Waals surface area contributed by atoms with Crippen LogP contribution in [0.25, 0.3) is 0 Å². The third-order valence-corrected chi connectivity index (χ3v) is 5.53. The molecule has 104 valence electrons. The van der Waals surface area contributed by atoms with Crippen molar-refractivity contribution >= 4 is 17.2 Å². The van der Waals surface area contributed by atoms with Crippen molar-refractivity contribution in [1.82, 2.24) is 15.2 Å². The number of nitrogens with zero attached hydrogens (tertiary/aromatic N) is 2. The Morgan fingerprint density at radius 1 is 1.58 bits per heavy atom. The molecule has 19 heavy (non-hydrogen) atoms. The average Bonchev–Trinajstić information content (AvgIpc) is 3.05. The summed E-state index contributed by atoms with van der Waals surface area (Å²) in [6.45, 7) is 3.71. The first-order valence-corrected chi connectivity index (χ1v) is 7.92. The minimum Gasteiger partial charge on any atom is -0.339 e. The number of amides is 1. The molecule has 3 rings (SSSR count). The van der Waals surface area contributed by atoms with Gasteiger partial charge in [-0.2, -0.15) is 0 Å². The Kier molecular flexibility index (Phi) is 3.58. The molecule has 1 aliphatic carbocycles. The molecule has 2 aliphatic rings. The van der Waals surface area contributed by atoms with Crippen LogP contribution in [0.1, 0.15) is 29.8 Å². The summed E-state index contributed by atoms with van der Waals surface area (Å²) in [5.41, 5.74) is 2.90. The highest BCUT2D eigenvalue weighted by atomic mass is 32.1. The second-order valence-electron chi connectivity index (χ2n) is 5.80. The van der Waals surface area contributed by atoms with E-state index in [4.69, 9.17) is 0 Å². The van der Waals surface area contributed by atoms with Crippen molar-refractivity contribution < 1.29 is 4.79 Å². The van der Waals surface area contributed by atoms with Crippen LogP contribution in [-0.2, 0) is 11.3 Å². The molecule has 1 aromatic heterocycles. The van der Waals surface area contributed by atoms with Crippen LogP contribution in [0.5, 0.6) is 0 Å². The largest absolute Gasteiger partial charge is 0.339 e. The summed E-state index contributed by atoms with van der Waals surface area (Å²) in [5.74, 6) is 1.55. The topological polar surface area (TPSA) is 45.2 Å². The molecule has 4 nitrogen and oxygen atoms in total. The summed E-state index contributed by atoms with van der Waals surface area (Å²) in [4.78, 5) is 19.9. The van der Waals surface area contributed by atoms with E-state index in [1.807, 2.05) is 24.4 Å². The summed E-state index contributed by atoms with van der Waals surface area (Å²) in [5, 5.41) is 3.43. The number of aromatic nitrogens is 1. The molecule has 1 saturated carbocycles. The number of carbonyl (C=O) groups excluding carboxylic acids is 1. The lowest BCUT2D eigenvalue weighted by Gasteiger charge is -2.24. The van der Waals surface area contributed by atoms with Gasteiger partial charge in [-0.1, -0.05) is 6.42 Å². The molecule has 2 heterocycles. The molecule has 1 saturated heterocycles. The van der Waals surface area contributed by atoms with Crippen molar-refractivity contribution in [3.8, 4) is 0 Å². The molecule has 0 aromatic carbocycles. The van der Waals surface area contributed by atoms with Gasteiger partial charge in [0, 0.05) is 11.9 Å². The monoisotopic (exact) mass is 279 g/mol. The molecule has 0 bridgehead atoms. The van der Waals surface area contributed by atoms with Crippen LogP contribution >= 0.6 is 11.3 Å². The molecule has 5 heteroatoms. The number of likely N-dealkylation sites (N-methyl/N-ethyl adjacent to an activating group) is 1. The van der Waals surface area contributed by atoms with Gasteiger partial charge >= 0.3 is 0 Å². The van der Waals surface area contributed by atoms with Crippen molar-refractivity contribution in [2.75, 3.05) is 13.6 Å². The maximum Gasteiger partial charge on any atom is 0.240 e. The zero-order valence-corrected chi connectivity index (χ0v) is 12.4. The highest BCUT2D eigenvalue weighted by Crippen LogP contribution is 2.38. The second-order valence-corrected chi connectivity index (χ2v) is 6.74. The molecule has 3 atom stereocenters. The predicted molar refractivity (Wildman–Crippen MR) is 75.9 cm³/mol. The number of aryl methyl sites for hydroxylation is 1. The Morgan fingerprint density at radius 2 is 2.42 bits per heavy atom. The summed E-state index contributed by atoms with van der Waals surface area (Å²) in [6.07, 6.45) is 3.79. The summed E-state index contributed by atoms with van der Waals surface area (Å²) >= 11 is 1.63. The van der Waals surface area contributed by atoms with Crippen LogP contribution in [0.15, 0.2) is 5.51 Å². The van der Waals surface area contributed by atoms with Crippen LogP contribution < -0.4 is 5.32 Å². The van der Waals surface area contributed by atoms with Gasteiger partial charge in [0.25, 0.3) is 0 Å². The molecule has 3 unspecified atom stereocenters. The summed E-state index contributed by atoms with van der Waals surface area (Å²) in [7, 11) is 1.91. The van der Waals surface area contributed by atoms with Crippen LogP contribution in [-0.4, -0.2) is 35.4 Å². The van der Waals surface area contributed by atoms with E-state index < -0.39 is 0 Å². The predicted octanol–water partition coefficient (Wildman–Crippen LogP) is 1.80. The van der Waals surface area contributed by atoms with Gasteiger partial charge in [-0.05, 0) is 38.1 Å². The van der Waals surface area contributed by atoms with Gasteiger partial charge in [0.05, 0.1) is 23.8 Å². The fourth-order valence-electron chi connectivity index (χ4n) is 3.47. The van der Waals surface area contributed by atoms with Crippen molar-refractivity contribution in [3.63, 3.8) is 0 Å². The summed E-state index contributed by atoms with van der Waals surface area (Å²) in [6, 6.07) is 0.0470. The van der Waals surface area contributed by atoms with Crippen molar-refractivity contribution in [2.24, 2.45) is 11.8 Å². The zero-order valence-electron chi connectivity index (χ0n) is 11.6. The van der Waals surface area contributed by atoms with E-state index >= 15 is 0 Å². The molecular formula is C14H21N3OS. The molecule has 1 amide bonds. The van der Waals surface area contributed by atoms with E-state index in [1.165, 1.54) is 24.1 Å². The van der Waals surface area contributed by atoms with Crippen molar-refractivity contribution in [1.29, 1.82) is 0 Å². The second kappa shape index (κ2) is 5.21. The smallest absolute Gasteiger partial charge is 0.240 e. The van der Waals surface area contributed by atoms with Crippen molar-refractivity contribution in [3.05, 3.63) is 16.1 Å². The lowest BCUT2D eigenvalue weighted by molar-refractivity contribution is -0.133. The van der Waals surface area contributed by atoms with Gasteiger partial charge in [0.1, 0.15) is 0 Å². The van der Waals surface area contributed by atoms with E-state index in [-0.39, 0.29) is 11.9 Å². The van der Waals surface area contributed by atoms with Crippen LogP contribution in [0.4, 0.5) is 0 Å². The quantitative estimate of drug-likeness (QED) is 0.917. The molecule has 2 fully saturated rings. The SMILES string of the molecule is Cc1ncsc1CN(C)C(=O)C1NCC2CCCC21. The Bertz CT molecular complexity index is 473. The van der Waals surface area contributed by atoms with E-state index in [1.54, 1.807) is 11.3 Å².